The molecule has 0 unspecified atom stereocenters. The molecule has 2 N–H and O–H groups in total. The molecular weight excluding hydrogens is 385 g/mol. The Morgan fingerprint density at radius 3 is 2.50 bits per heavy atom. The number of benzene rings is 2. The summed E-state index contributed by atoms with van der Waals surface area (Å²) >= 11 is 6.12. The lowest BCUT2D eigenvalue weighted by Crippen LogP contribution is -2.42. The van der Waals surface area contributed by atoms with Gasteiger partial charge in [-0.1, -0.05) is 35.9 Å². The van der Waals surface area contributed by atoms with Gasteiger partial charge in [0.25, 0.3) is 0 Å². The van der Waals surface area contributed by atoms with E-state index in [1.807, 2.05) is 18.2 Å². The second-order valence-corrected chi connectivity index (χ2v) is 6.40. The molecule has 3 aromatic rings. The number of carbonyl (C=O) groups excluding carboxylic acids is 2. The molecule has 0 fully saturated rings. The van der Waals surface area contributed by atoms with Gasteiger partial charge in [-0.2, -0.15) is 0 Å². The molecule has 28 heavy (non-hydrogen) atoms. The van der Waals surface area contributed by atoms with Crippen LogP contribution >= 0.6 is 11.6 Å². The molecule has 1 heterocycles. The SMILES string of the molecule is O=C(CCc1ncc(-c2ccccc2Cl)o1)NNC(=O)Cc1ccc(F)cc1. The van der Waals surface area contributed by atoms with Crippen LogP contribution in [0.4, 0.5) is 4.39 Å². The summed E-state index contributed by atoms with van der Waals surface area (Å²) in [5, 5.41) is 0.548. The van der Waals surface area contributed by atoms with E-state index < -0.39 is 5.91 Å². The molecule has 0 saturated heterocycles. The highest BCUT2D eigenvalue weighted by atomic mass is 35.5. The fourth-order valence-corrected chi connectivity index (χ4v) is 2.69. The van der Waals surface area contributed by atoms with Gasteiger partial charge in [-0.3, -0.25) is 20.4 Å². The third-order valence-corrected chi connectivity index (χ3v) is 4.21. The van der Waals surface area contributed by atoms with Crippen molar-refractivity contribution < 1.29 is 18.4 Å². The predicted molar refractivity (Wildman–Crippen MR) is 102 cm³/mol. The second kappa shape index (κ2) is 9.14. The number of rotatable bonds is 6. The molecule has 144 valence electrons. The van der Waals surface area contributed by atoms with Gasteiger partial charge in [-0.25, -0.2) is 9.37 Å². The van der Waals surface area contributed by atoms with Crippen LogP contribution in [-0.4, -0.2) is 16.8 Å². The Balaban J connectivity index is 1.44. The van der Waals surface area contributed by atoms with Crippen LogP contribution < -0.4 is 10.9 Å². The standard InChI is InChI=1S/C20H17ClFN3O3/c21-16-4-2-1-3-15(16)17-12-23-20(28-17)10-9-18(26)24-25-19(27)11-13-5-7-14(22)8-6-13/h1-8,12H,9-11H2,(H,24,26)(H,25,27). The van der Waals surface area contributed by atoms with Crippen molar-refractivity contribution in [2.24, 2.45) is 0 Å². The normalized spacial score (nSPS) is 10.5. The van der Waals surface area contributed by atoms with E-state index >= 15 is 0 Å². The summed E-state index contributed by atoms with van der Waals surface area (Å²) in [5.74, 6) is -0.250. The van der Waals surface area contributed by atoms with Crippen LogP contribution in [0.5, 0.6) is 0 Å². The highest BCUT2D eigenvalue weighted by Gasteiger charge is 2.11. The fraction of sp³-hybridized carbons (Fsp3) is 0.150. The second-order valence-electron chi connectivity index (χ2n) is 6.00. The largest absolute Gasteiger partial charge is 0.441 e. The van der Waals surface area contributed by atoms with Crippen molar-refractivity contribution in [3.05, 3.63) is 77.0 Å². The number of aromatic nitrogens is 1. The number of oxazole rings is 1. The molecule has 0 spiro atoms. The third-order valence-electron chi connectivity index (χ3n) is 3.88. The summed E-state index contributed by atoms with van der Waals surface area (Å²) in [4.78, 5) is 27.8. The van der Waals surface area contributed by atoms with E-state index in [2.05, 4.69) is 15.8 Å². The molecule has 0 aliphatic rings. The number of hydrazine groups is 1. The number of hydrogen-bond donors (Lipinski definition) is 2. The van der Waals surface area contributed by atoms with Gasteiger partial charge in [-0.05, 0) is 29.8 Å². The van der Waals surface area contributed by atoms with Gasteiger partial charge < -0.3 is 4.42 Å². The summed E-state index contributed by atoms with van der Waals surface area (Å²) < 4.78 is 18.5. The maximum Gasteiger partial charge on any atom is 0.242 e. The van der Waals surface area contributed by atoms with Crippen LogP contribution in [0.1, 0.15) is 17.9 Å². The maximum absolute atomic E-state index is 12.8. The van der Waals surface area contributed by atoms with Crippen LogP contribution in [0.15, 0.2) is 59.1 Å². The van der Waals surface area contributed by atoms with E-state index in [1.165, 1.54) is 24.3 Å². The number of hydrogen-bond acceptors (Lipinski definition) is 4. The molecule has 6 nitrogen and oxygen atoms in total. The Kier molecular flexibility index (Phi) is 6.39. The van der Waals surface area contributed by atoms with Crippen LogP contribution in [-0.2, 0) is 22.4 Å². The van der Waals surface area contributed by atoms with E-state index in [-0.39, 0.29) is 31.0 Å². The van der Waals surface area contributed by atoms with E-state index in [0.29, 0.717) is 22.2 Å². The van der Waals surface area contributed by atoms with Crippen LogP contribution in [0.3, 0.4) is 0 Å². The predicted octanol–water partition coefficient (Wildman–Crippen LogP) is 3.46. The van der Waals surface area contributed by atoms with Crippen LogP contribution in [0, 0.1) is 5.82 Å². The van der Waals surface area contributed by atoms with Gasteiger partial charge in [0.2, 0.25) is 11.8 Å². The van der Waals surface area contributed by atoms with E-state index in [4.69, 9.17) is 16.0 Å². The summed E-state index contributed by atoms with van der Waals surface area (Å²) in [6.07, 6.45) is 1.93. The topological polar surface area (TPSA) is 84.2 Å². The smallest absolute Gasteiger partial charge is 0.242 e. The van der Waals surface area contributed by atoms with Gasteiger partial charge in [0.15, 0.2) is 11.7 Å². The number of halogens is 2. The number of nitrogens with one attached hydrogen (secondary N) is 2. The number of nitrogens with zero attached hydrogens (tertiary/aromatic N) is 1. The number of amides is 2. The minimum atomic E-state index is -0.405. The molecular formula is C20H17ClFN3O3. The van der Waals surface area contributed by atoms with Gasteiger partial charge in [0.05, 0.1) is 17.6 Å². The Morgan fingerprint density at radius 1 is 1.04 bits per heavy atom. The molecule has 3 rings (SSSR count). The van der Waals surface area contributed by atoms with Crippen LogP contribution in [0.25, 0.3) is 11.3 Å². The number of aryl methyl sites for hydroxylation is 1. The van der Waals surface area contributed by atoms with E-state index in [0.717, 1.165) is 5.56 Å². The molecule has 0 bridgehead atoms. The molecule has 0 saturated carbocycles. The first-order valence-electron chi connectivity index (χ1n) is 8.53. The van der Waals surface area contributed by atoms with Gasteiger partial charge in [0.1, 0.15) is 5.82 Å². The van der Waals surface area contributed by atoms with Crippen molar-refractivity contribution in [3.63, 3.8) is 0 Å². The Bertz CT molecular complexity index is 973. The lowest BCUT2D eigenvalue weighted by atomic mass is 10.1. The highest BCUT2D eigenvalue weighted by molar-refractivity contribution is 6.33. The average molecular weight is 402 g/mol. The molecule has 8 heteroatoms. The summed E-state index contributed by atoms with van der Waals surface area (Å²) in [5.41, 5.74) is 6.01. The maximum atomic E-state index is 12.8. The molecule has 2 amide bonds. The molecule has 0 radical (unpaired) electrons. The minimum absolute atomic E-state index is 0.0293. The molecule has 1 aromatic heterocycles. The first-order valence-corrected chi connectivity index (χ1v) is 8.91. The number of carbonyl (C=O) groups is 2. The van der Waals surface area contributed by atoms with Crippen molar-refractivity contribution in [1.29, 1.82) is 0 Å². The summed E-state index contributed by atoms with van der Waals surface area (Å²) in [7, 11) is 0. The lowest BCUT2D eigenvalue weighted by molar-refractivity contribution is -0.128. The van der Waals surface area contributed by atoms with Crippen molar-refractivity contribution in [2.75, 3.05) is 0 Å². The lowest BCUT2D eigenvalue weighted by Gasteiger charge is -2.07. The third kappa shape index (κ3) is 5.40. The Hall–Kier alpha value is -3.19. The van der Waals surface area contributed by atoms with Gasteiger partial charge in [0, 0.05) is 18.4 Å². The van der Waals surface area contributed by atoms with E-state index in [9.17, 15) is 14.0 Å². The first kappa shape index (κ1) is 19.6. The monoisotopic (exact) mass is 401 g/mol. The quantitative estimate of drug-likeness (QED) is 0.619. The zero-order valence-electron chi connectivity index (χ0n) is 14.7. The summed E-state index contributed by atoms with van der Waals surface area (Å²) in [6, 6.07) is 12.8. The Labute approximate surface area is 165 Å². The van der Waals surface area contributed by atoms with Crippen molar-refractivity contribution in [1.82, 2.24) is 15.8 Å². The fourth-order valence-electron chi connectivity index (χ4n) is 2.47. The summed E-state index contributed by atoms with van der Waals surface area (Å²) in [6.45, 7) is 0. The zero-order chi connectivity index (χ0) is 19.9. The van der Waals surface area contributed by atoms with Crippen molar-refractivity contribution >= 4 is 23.4 Å². The van der Waals surface area contributed by atoms with Crippen molar-refractivity contribution in [2.45, 2.75) is 19.3 Å². The first-order chi connectivity index (χ1) is 13.5. The molecule has 0 aliphatic carbocycles. The van der Waals surface area contributed by atoms with Crippen LogP contribution in [0.2, 0.25) is 5.02 Å². The highest BCUT2D eigenvalue weighted by Crippen LogP contribution is 2.28. The zero-order valence-corrected chi connectivity index (χ0v) is 15.5. The van der Waals surface area contributed by atoms with Gasteiger partial charge >= 0.3 is 0 Å². The van der Waals surface area contributed by atoms with E-state index in [1.54, 1.807) is 12.3 Å². The Morgan fingerprint density at radius 2 is 1.75 bits per heavy atom. The molecule has 0 atom stereocenters. The average Bonchev–Trinajstić information content (AvgIpc) is 3.16. The molecule has 2 aromatic carbocycles. The molecule has 0 aliphatic heterocycles. The van der Waals surface area contributed by atoms with Crippen molar-refractivity contribution in [3.8, 4) is 11.3 Å². The van der Waals surface area contributed by atoms with Gasteiger partial charge in [-0.15, -0.1) is 0 Å². The minimum Gasteiger partial charge on any atom is -0.441 e.